The van der Waals surface area contributed by atoms with E-state index in [0.717, 1.165) is 42.5 Å². The third-order valence-corrected chi connectivity index (χ3v) is 5.55. The predicted molar refractivity (Wildman–Crippen MR) is 82.8 cm³/mol. The molecular formula is C14H19N5OS. The van der Waals surface area contributed by atoms with Crippen molar-refractivity contribution >= 4 is 23.2 Å². The third-order valence-electron chi connectivity index (χ3n) is 4.33. The van der Waals surface area contributed by atoms with E-state index in [0.29, 0.717) is 6.04 Å². The Morgan fingerprint density at radius 1 is 1.43 bits per heavy atom. The monoisotopic (exact) mass is 305 g/mol. The van der Waals surface area contributed by atoms with Crippen molar-refractivity contribution in [2.24, 2.45) is 0 Å². The van der Waals surface area contributed by atoms with Crippen molar-refractivity contribution < 1.29 is 4.74 Å². The summed E-state index contributed by atoms with van der Waals surface area (Å²) in [5.41, 5.74) is 0.880. The lowest BCUT2D eigenvalue weighted by molar-refractivity contribution is -0.0628. The molecule has 0 saturated carbocycles. The molecule has 2 aliphatic heterocycles. The first-order valence-corrected chi connectivity index (χ1v) is 8.57. The lowest BCUT2D eigenvalue weighted by atomic mass is 9.90. The average Bonchev–Trinajstić information content (AvgIpc) is 3.07. The fourth-order valence-electron chi connectivity index (χ4n) is 3.20. The van der Waals surface area contributed by atoms with Crippen molar-refractivity contribution in [3.05, 3.63) is 18.0 Å². The lowest BCUT2D eigenvalue weighted by Gasteiger charge is -2.38. The Balaban J connectivity index is 1.52. The molecule has 4 heterocycles. The van der Waals surface area contributed by atoms with Crippen LogP contribution in [0.5, 0.6) is 0 Å². The average molecular weight is 305 g/mol. The first kappa shape index (κ1) is 13.3. The highest BCUT2D eigenvalue weighted by Gasteiger charge is 2.40. The molecule has 2 aromatic heterocycles. The Kier molecular flexibility index (Phi) is 3.26. The summed E-state index contributed by atoms with van der Waals surface area (Å²) in [4.78, 5) is 0. The van der Waals surface area contributed by atoms with Crippen LogP contribution < -0.4 is 5.32 Å². The molecule has 2 fully saturated rings. The molecule has 2 saturated heterocycles. The van der Waals surface area contributed by atoms with Gasteiger partial charge in [-0.05, 0) is 44.1 Å². The molecule has 0 amide bonds. The summed E-state index contributed by atoms with van der Waals surface area (Å²) in [5, 5.41) is 16.2. The smallest absolute Gasteiger partial charge is 0.178 e. The molecule has 1 N–H and O–H groups in total. The Hall–Kier alpha value is -1.34. The van der Waals surface area contributed by atoms with E-state index in [4.69, 9.17) is 4.74 Å². The van der Waals surface area contributed by atoms with Gasteiger partial charge in [0.2, 0.25) is 0 Å². The summed E-state index contributed by atoms with van der Waals surface area (Å²) < 4.78 is 7.85. The number of nitrogens with zero attached hydrogens (tertiary/aromatic N) is 4. The SMILES string of the molecule is Cc1nnc2ccc(N[C@@H]3CCO[C@]4(CCSC4)C3)nn12. The molecule has 0 unspecified atom stereocenters. The highest BCUT2D eigenvalue weighted by molar-refractivity contribution is 7.99. The van der Waals surface area contributed by atoms with Crippen LogP contribution in [0.1, 0.15) is 25.1 Å². The second-order valence-electron chi connectivity index (χ2n) is 5.90. The number of hydrogen-bond acceptors (Lipinski definition) is 6. The second-order valence-corrected chi connectivity index (χ2v) is 7.01. The van der Waals surface area contributed by atoms with E-state index in [1.165, 1.54) is 12.2 Å². The minimum Gasteiger partial charge on any atom is -0.374 e. The maximum Gasteiger partial charge on any atom is 0.178 e. The predicted octanol–water partition coefficient (Wildman–Crippen LogP) is 1.90. The quantitative estimate of drug-likeness (QED) is 0.914. The van der Waals surface area contributed by atoms with E-state index in [1.54, 1.807) is 4.52 Å². The lowest BCUT2D eigenvalue weighted by Crippen LogP contribution is -2.44. The number of thioether (sulfide) groups is 1. The van der Waals surface area contributed by atoms with Crippen LogP contribution in [0, 0.1) is 6.92 Å². The summed E-state index contributed by atoms with van der Waals surface area (Å²) in [6.45, 7) is 2.75. The van der Waals surface area contributed by atoms with Crippen LogP contribution >= 0.6 is 11.8 Å². The first-order chi connectivity index (χ1) is 10.2. The number of aromatic nitrogens is 4. The van der Waals surface area contributed by atoms with Crippen LogP contribution in [-0.4, -0.2) is 49.6 Å². The van der Waals surface area contributed by atoms with Gasteiger partial charge in [-0.2, -0.15) is 16.3 Å². The zero-order valence-corrected chi connectivity index (χ0v) is 12.9. The largest absolute Gasteiger partial charge is 0.374 e. The minimum absolute atomic E-state index is 0.0944. The standard InChI is InChI=1S/C14H19N5OS/c1-10-16-17-13-3-2-12(18-19(10)13)15-11-4-6-20-14(8-11)5-7-21-9-14/h2-3,11H,4-9H2,1H3,(H,15,18)/t11-,14-/m1/s1. The second kappa shape index (κ2) is 5.14. The van der Waals surface area contributed by atoms with E-state index in [2.05, 4.69) is 20.6 Å². The number of hydrogen-bond donors (Lipinski definition) is 1. The van der Waals surface area contributed by atoms with Crippen LogP contribution in [0.3, 0.4) is 0 Å². The van der Waals surface area contributed by atoms with Gasteiger partial charge in [-0.1, -0.05) is 0 Å². The number of rotatable bonds is 2. The van der Waals surface area contributed by atoms with E-state index in [1.807, 2.05) is 30.8 Å². The van der Waals surface area contributed by atoms with Gasteiger partial charge in [-0.3, -0.25) is 0 Å². The fraction of sp³-hybridized carbons (Fsp3) is 0.643. The molecule has 0 bridgehead atoms. The van der Waals surface area contributed by atoms with Gasteiger partial charge in [0.05, 0.1) is 5.60 Å². The molecule has 112 valence electrons. The Bertz CT molecular complexity index is 652. The van der Waals surface area contributed by atoms with Gasteiger partial charge in [0, 0.05) is 18.4 Å². The maximum absolute atomic E-state index is 6.06. The van der Waals surface area contributed by atoms with Gasteiger partial charge in [0.25, 0.3) is 0 Å². The van der Waals surface area contributed by atoms with E-state index in [-0.39, 0.29) is 5.60 Å². The molecule has 2 aliphatic rings. The van der Waals surface area contributed by atoms with E-state index in [9.17, 15) is 0 Å². The molecule has 0 aromatic carbocycles. The topological polar surface area (TPSA) is 64.3 Å². The summed E-state index contributed by atoms with van der Waals surface area (Å²) in [6, 6.07) is 4.37. The summed E-state index contributed by atoms with van der Waals surface area (Å²) in [6.07, 6.45) is 3.28. The van der Waals surface area contributed by atoms with Gasteiger partial charge in [-0.25, -0.2) is 0 Å². The zero-order valence-electron chi connectivity index (χ0n) is 12.1. The van der Waals surface area contributed by atoms with E-state index < -0.39 is 0 Å². The Morgan fingerprint density at radius 3 is 3.24 bits per heavy atom. The highest BCUT2D eigenvalue weighted by Crippen LogP contribution is 2.38. The molecule has 0 aliphatic carbocycles. The molecule has 7 heteroatoms. The molecule has 0 radical (unpaired) electrons. The molecule has 1 spiro atoms. The van der Waals surface area contributed by atoms with Crippen molar-refractivity contribution in [3.8, 4) is 0 Å². The molecule has 4 rings (SSSR count). The molecule has 21 heavy (non-hydrogen) atoms. The summed E-state index contributed by atoms with van der Waals surface area (Å²) >= 11 is 2.00. The van der Waals surface area contributed by atoms with E-state index >= 15 is 0 Å². The number of nitrogens with one attached hydrogen (secondary N) is 1. The van der Waals surface area contributed by atoms with Gasteiger partial charge in [0.15, 0.2) is 11.5 Å². The highest BCUT2D eigenvalue weighted by atomic mass is 32.2. The van der Waals surface area contributed by atoms with Crippen molar-refractivity contribution in [2.75, 3.05) is 23.4 Å². The van der Waals surface area contributed by atoms with Crippen LogP contribution in [0.15, 0.2) is 12.1 Å². The summed E-state index contributed by atoms with van der Waals surface area (Å²) in [5.74, 6) is 4.04. The van der Waals surface area contributed by atoms with Crippen LogP contribution in [-0.2, 0) is 4.74 Å². The van der Waals surface area contributed by atoms with Crippen molar-refractivity contribution in [1.82, 2.24) is 19.8 Å². The Morgan fingerprint density at radius 2 is 2.38 bits per heavy atom. The first-order valence-electron chi connectivity index (χ1n) is 7.41. The van der Waals surface area contributed by atoms with Gasteiger partial charge in [0.1, 0.15) is 5.82 Å². The van der Waals surface area contributed by atoms with Crippen molar-refractivity contribution in [3.63, 3.8) is 0 Å². The minimum atomic E-state index is 0.0944. The molecular weight excluding hydrogens is 286 g/mol. The van der Waals surface area contributed by atoms with Crippen LogP contribution in [0.25, 0.3) is 5.65 Å². The fourth-order valence-corrected chi connectivity index (χ4v) is 4.57. The zero-order chi connectivity index (χ0) is 14.3. The normalized spacial score (nSPS) is 29.3. The molecule has 2 atom stereocenters. The van der Waals surface area contributed by atoms with Crippen molar-refractivity contribution in [2.45, 2.75) is 37.8 Å². The number of ether oxygens (including phenoxy) is 1. The van der Waals surface area contributed by atoms with Crippen molar-refractivity contribution in [1.29, 1.82) is 0 Å². The number of anilines is 1. The molecule has 2 aromatic rings. The van der Waals surface area contributed by atoms with Gasteiger partial charge >= 0.3 is 0 Å². The third kappa shape index (κ3) is 2.48. The summed E-state index contributed by atoms with van der Waals surface area (Å²) in [7, 11) is 0. The van der Waals surface area contributed by atoms with Crippen LogP contribution in [0.2, 0.25) is 0 Å². The number of aryl methyl sites for hydroxylation is 1. The van der Waals surface area contributed by atoms with Crippen LogP contribution in [0.4, 0.5) is 5.82 Å². The maximum atomic E-state index is 6.06. The number of fused-ring (bicyclic) bond motifs is 1. The molecule has 6 nitrogen and oxygen atoms in total. The Labute approximate surface area is 127 Å². The van der Waals surface area contributed by atoms with Gasteiger partial charge < -0.3 is 10.1 Å². The van der Waals surface area contributed by atoms with Gasteiger partial charge in [-0.15, -0.1) is 15.3 Å².